The molecule has 6 nitrogen and oxygen atoms in total. The van der Waals surface area contributed by atoms with Crippen molar-refractivity contribution in [1.29, 1.82) is 0 Å². The van der Waals surface area contributed by atoms with Crippen molar-refractivity contribution >= 4 is 21.8 Å². The van der Waals surface area contributed by atoms with Gasteiger partial charge in [-0.05, 0) is 35.8 Å². The summed E-state index contributed by atoms with van der Waals surface area (Å²) in [6, 6.07) is 16.7. The number of hydrogen-bond donors (Lipinski definition) is 0. The normalized spacial score (nSPS) is 15.2. The molecule has 0 aliphatic carbocycles. The first kappa shape index (κ1) is 16.9. The molecule has 26 heavy (non-hydrogen) atoms. The van der Waals surface area contributed by atoms with Gasteiger partial charge in [-0.2, -0.15) is 0 Å². The average molecular weight is 412 g/mol. The molecule has 3 aromatic rings. The van der Waals surface area contributed by atoms with E-state index in [-0.39, 0.29) is 5.91 Å². The molecule has 1 unspecified atom stereocenters. The van der Waals surface area contributed by atoms with Gasteiger partial charge in [0.05, 0.1) is 0 Å². The number of tetrazole rings is 1. The van der Waals surface area contributed by atoms with Crippen LogP contribution in [-0.4, -0.2) is 44.1 Å². The van der Waals surface area contributed by atoms with E-state index in [1.165, 1.54) is 4.80 Å². The standard InChI is InChI=1S/C19H18BrN5O/c20-16-11-5-4-10-15(16)18-21-23-25(22-18)17(14-8-2-1-3-9-14)19(26)24-12-6-7-13-24/h1-5,8-11,17H,6-7,12-13H2. The second-order valence-electron chi connectivity index (χ2n) is 6.26. The Balaban J connectivity index is 1.73. The highest BCUT2D eigenvalue weighted by Gasteiger charge is 2.31. The van der Waals surface area contributed by atoms with Crippen LogP contribution in [0.5, 0.6) is 0 Å². The van der Waals surface area contributed by atoms with Gasteiger partial charge in [0, 0.05) is 23.1 Å². The fraction of sp³-hybridized carbons (Fsp3) is 0.263. The highest BCUT2D eigenvalue weighted by atomic mass is 79.9. The molecule has 1 atom stereocenters. The Morgan fingerprint density at radius 2 is 1.69 bits per heavy atom. The van der Waals surface area contributed by atoms with Crippen LogP contribution in [0.25, 0.3) is 11.4 Å². The van der Waals surface area contributed by atoms with Crippen LogP contribution in [-0.2, 0) is 4.79 Å². The highest BCUT2D eigenvalue weighted by molar-refractivity contribution is 9.10. The largest absolute Gasteiger partial charge is 0.340 e. The summed E-state index contributed by atoms with van der Waals surface area (Å²) < 4.78 is 0.890. The van der Waals surface area contributed by atoms with Crippen LogP contribution >= 0.6 is 15.9 Å². The highest BCUT2D eigenvalue weighted by Crippen LogP contribution is 2.26. The zero-order valence-electron chi connectivity index (χ0n) is 14.1. The van der Waals surface area contributed by atoms with Crippen molar-refractivity contribution < 1.29 is 4.79 Å². The molecule has 1 fully saturated rings. The van der Waals surface area contributed by atoms with Crippen molar-refractivity contribution in [3.05, 3.63) is 64.6 Å². The molecule has 1 aliphatic rings. The van der Waals surface area contributed by atoms with Crippen LogP contribution in [0.15, 0.2) is 59.1 Å². The van der Waals surface area contributed by atoms with Crippen molar-refractivity contribution in [2.45, 2.75) is 18.9 Å². The van der Waals surface area contributed by atoms with Gasteiger partial charge in [-0.25, -0.2) is 0 Å². The number of amides is 1. The number of hydrogen-bond acceptors (Lipinski definition) is 4. The third-order valence-corrected chi connectivity index (χ3v) is 5.23. The molecule has 4 rings (SSSR count). The first-order valence-corrected chi connectivity index (χ1v) is 9.41. The van der Waals surface area contributed by atoms with Gasteiger partial charge in [0.15, 0.2) is 6.04 Å². The van der Waals surface area contributed by atoms with Gasteiger partial charge in [0.25, 0.3) is 5.91 Å². The van der Waals surface area contributed by atoms with E-state index in [9.17, 15) is 4.79 Å². The van der Waals surface area contributed by atoms with Gasteiger partial charge in [0.2, 0.25) is 5.82 Å². The van der Waals surface area contributed by atoms with Crippen LogP contribution in [0, 0.1) is 0 Å². The fourth-order valence-electron chi connectivity index (χ4n) is 3.21. The van der Waals surface area contributed by atoms with Crippen LogP contribution in [0.2, 0.25) is 0 Å². The monoisotopic (exact) mass is 411 g/mol. The lowest BCUT2D eigenvalue weighted by Crippen LogP contribution is -2.36. The minimum Gasteiger partial charge on any atom is -0.340 e. The van der Waals surface area contributed by atoms with Crippen LogP contribution in [0.4, 0.5) is 0 Å². The van der Waals surface area contributed by atoms with Gasteiger partial charge in [-0.3, -0.25) is 4.79 Å². The summed E-state index contributed by atoms with van der Waals surface area (Å²) in [6.45, 7) is 1.57. The maximum atomic E-state index is 13.1. The molecule has 1 amide bonds. The van der Waals surface area contributed by atoms with E-state index in [0.29, 0.717) is 5.82 Å². The van der Waals surface area contributed by atoms with E-state index in [2.05, 4.69) is 31.3 Å². The Hall–Kier alpha value is -2.54. The number of aromatic nitrogens is 4. The Morgan fingerprint density at radius 3 is 2.42 bits per heavy atom. The number of carbonyl (C=O) groups excluding carboxylic acids is 1. The number of carbonyl (C=O) groups is 1. The molecule has 0 N–H and O–H groups in total. The third kappa shape index (κ3) is 3.26. The maximum Gasteiger partial charge on any atom is 0.254 e. The fourth-order valence-corrected chi connectivity index (χ4v) is 3.67. The lowest BCUT2D eigenvalue weighted by atomic mass is 10.1. The zero-order chi connectivity index (χ0) is 17.9. The lowest BCUT2D eigenvalue weighted by molar-refractivity contribution is -0.133. The second-order valence-corrected chi connectivity index (χ2v) is 7.11. The van der Waals surface area contributed by atoms with E-state index < -0.39 is 6.04 Å². The summed E-state index contributed by atoms with van der Waals surface area (Å²) in [4.78, 5) is 16.5. The SMILES string of the molecule is O=C(C(c1ccccc1)n1nnc(-c2ccccc2Br)n1)N1CCCC1. The van der Waals surface area contributed by atoms with Gasteiger partial charge in [-0.15, -0.1) is 15.0 Å². The molecule has 2 aromatic carbocycles. The summed E-state index contributed by atoms with van der Waals surface area (Å²) in [5.74, 6) is 0.511. The molecule has 1 aliphatic heterocycles. The molecule has 2 heterocycles. The maximum absolute atomic E-state index is 13.1. The quantitative estimate of drug-likeness (QED) is 0.660. The van der Waals surface area contributed by atoms with Gasteiger partial charge in [-0.1, -0.05) is 58.4 Å². The van der Waals surface area contributed by atoms with Crippen molar-refractivity contribution in [1.82, 2.24) is 25.1 Å². The molecule has 7 heteroatoms. The molecule has 132 valence electrons. The molecule has 0 spiro atoms. The topological polar surface area (TPSA) is 63.9 Å². The van der Waals surface area contributed by atoms with Crippen LogP contribution < -0.4 is 0 Å². The Labute approximate surface area is 160 Å². The summed E-state index contributed by atoms with van der Waals surface area (Å²) in [5, 5.41) is 12.9. The number of rotatable bonds is 4. The Kier molecular flexibility index (Phi) is 4.79. The molecule has 0 bridgehead atoms. The van der Waals surface area contributed by atoms with Gasteiger partial charge in [0.1, 0.15) is 0 Å². The summed E-state index contributed by atoms with van der Waals surface area (Å²) in [7, 11) is 0. The smallest absolute Gasteiger partial charge is 0.254 e. The number of nitrogens with zero attached hydrogens (tertiary/aromatic N) is 5. The van der Waals surface area contributed by atoms with E-state index in [4.69, 9.17) is 0 Å². The number of halogens is 1. The van der Waals surface area contributed by atoms with E-state index in [0.717, 1.165) is 41.5 Å². The van der Waals surface area contributed by atoms with Crippen molar-refractivity contribution in [3.63, 3.8) is 0 Å². The molecular formula is C19H18BrN5O. The van der Waals surface area contributed by atoms with E-state index in [1.54, 1.807) is 0 Å². The van der Waals surface area contributed by atoms with Crippen molar-refractivity contribution in [2.75, 3.05) is 13.1 Å². The molecular weight excluding hydrogens is 394 g/mol. The number of benzene rings is 2. The van der Waals surface area contributed by atoms with E-state index >= 15 is 0 Å². The predicted octanol–water partition coefficient (Wildman–Crippen LogP) is 3.31. The Bertz CT molecular complexity index is 905. The average Bonchev–Trinajstić information content (AvgIpc) is 3.35. The lowest BCUT2D eigenvalue weighted by Gasteiger charge is -2.22. The minimum absolute atomic E-state index is 0.0183. The molecule has 1 aromatic heterocycles. The van der Waals surface area contributed by atoms with Crippen LogP contribution in [0.1, 0.15) is 24.4 Å². The predicted molar refractivity (Wildman–Crippen MR) is 101 cm³/mol. The van der Waals surface area contributed by atoms with Gasteiger partial charge >= 0.3 is 0 Å². The minimum atomic E-state index is -0.599. The summed E-state index contributed by atoms with van der Waals surface area (Å²) in [6.07, 6.45) is 2.08. The first-order chi connectivity index (χ1) is 12.7. The van der Waals surface area contributed by atoms with Crippen molar-refractivity contribution in [3.8, 4) is 11.4 Å². The van der Waals surface area contributed by atoms with Crippen molar-refractivity contribution in [2.24, 2.45) is 0 Å². The zero-order valence-corrected chi connectivity index (χ0v) is 15.7. The second kappa shape index (κ2) is 7.37. The third-order valence-electron chi connectivity index (χ3n) is 4.54. The van der Waals surface area contributed by atoms with Crippen LogP contribution in [0.3, 0.4) is 0 Å². The molecule has 0 saturated carbocycles. The molecule has 1 saturated heterocycles. The number of likely N-dealkylation sites (tertiary alicyclic amines) is 1. The Morgan fingerprint density at radius 1 is 1.00 bits per heavy atom. The first-order valence-electron chi connectivity index (χ1n) is 8.62. The van der Waals surface area contributed by atoms with Gasteiger partial charge < -0.3 is 4.90 Å². The summed E-state index contributed by atoms with van der Waals surface area (Å²) in [5.41, 5.74) is 1.71. The molecule has 0 radical (unpaired) electrons. The van der Waals surface area contributed by atoms with E-state index in [1.807, 2.05) is 59.5 Å². The summed E-state index contributed by atoms with van der Waals surface area (Å²) >= 11 is 3.51.